The first-order chi connectivity index (χ1) is 14.8. The number of hydrogen-bond donors (Lipinski definition) is 2. The molecule has 4 rings (SSSR count). The molecule has 31 heavy (non-hydrogen) atoms. The van der Waals surface area contributed by atoms with Gasteiger partial charge >= 0.3 is 5.69 Å². The van der Waals surface area contributed by atoms with E-state index >= 15 is 0 Å². The van der Waals surface area contributed by atoms with Crippen LogP contribution in [0.4, 0.5) is 0 Å². The van der Waals surface area contributed by atoms with Gasteiger partial charge in [-0.1, -0.05) is 44.2 Å². The summed E-state index contributed by atoms with van der Waals surface area (Å²) in [6, 6.07) is 10.7. The Balaban J connectivity index is 1.56. The quantitative estimate of drug-likeness (QED) is 0.508. The van der Waals surface area contributed by atoms with Gasteiger partial charge in [-0.25, -0.2) is 9.78 Å². The van der Waals surface area contributed by atoms with Crippen molar-refractivity contribution in [3.05, 3.63) is 62.6 Å². The van der Waals surface area contributed by atoms with E-state index in [9.17, 15) is 9.59 Å². The number of nitrogens with one attached hydrogen (secondary N) is 2. The predicted octanol–water partition coefficient (Wildman–Crippen LogP) is -1.43. The lowest BCUT2D eigenvalue weighted by Gasteiger charge is -2.29. The van der Waals surface area contributed by atoms with E-state index in [-0.39, 0.29) is 11.2 Å². The Kier molecular flexibility index (Phi) is 6.11. The van der Waals surface area contributed by atoms with Gasteiger partial charge in [-0.3, -0.25) is 13.9 Å². The first-order valence-corrected chi connectivity index (χ1v) is 11.2. The number of piperazine rings is 1. The summed E-state index contributed by atoms with van der Waals surface area (Å²) in [4.78, 5) is 33.2. The fourth-order valence-electron chi connectivity index (χ4n) is 4.61. The number of imidazole rings is 1. The Morgan fingerprint density at radius 3 is 2.16 bits per heavy atom. The van der Waals surface area contributed by atoms with Crippen LogP contribution in [0.1, 0.15) is 25.2 Å². The van der Waals surface area contributed by atoms with Crippen molar-refractivity contribution in [2.45, 2.75) is 33.5 Å². The molecule has 1 fully saturated rings. The molecule has 0 spiro atoms. The van der Waals surface area contributed by atoms with Crippen molar-refractivity contribution in [1.82, 2.24) is 18.7 Å². The van der Waals surface area contributed by atoms with E-state index in [1.54, 1.807) is 11.9 Å². The maximum Gasteiger partial charge on any atom is 0.332 e. The zero-order valence-corrected chi connectivity index (χ0v) is 19.0. The van der Waals surface area contributed by atoms with E-state index < -0.39 is 0 Å². The maximum absolute atomic E-state index is 12.9. The zero-order valence-electron chi connectivity index (χ0n) is 19.0. The average Bonchev–Trinajstić information content (AvgIpc) is 3.10. The normalized spacial score (nSPS) is 19.4. The van der Waals surface area contributed by atoms with Crippen molar-refractivity contribution < 1.29 is 9.80 Å². The lowest BCUT2D eigenvalue weighted by atomic mass is 10.2. The number of aryl methyl sites for hydroxylation is 1. The van der Waals surface area contributed by atoms with Crippen LogP contribution in [0.5, 0.6) is 0 Å². The van der Waals surface area contributed by atoms with E-state index in [0.29, 0.717) is 17.1 Å². The fourth-order valence-corrected chi connectivity index (χ4v) is 4.61. The van der Waals surface area contributed by atoms with Crippen LogP contribution in [0.15, 0.2) is 39.9 Å². The van der Waals surface area contributed by atoms with Crippen molar-refractivity contribution >= 4 is 11.2 Å². The standard InChI is InChI=1S/C23H32N6O2/c1-17(2)14-29-19(24-21-20(29)22(30)26(4)23(31)25(21)3)16-28-12-10-27(11-13-28)15-18-8-6-5-7-9-18/h5-9,17H,10-16H2,1-4H3/p+2. The number of fused-ring (bicyclic) bond motifs is 1. The third kappa shape index (κ3) is 4.36. The molecule has 2 aromatic heterocycles. The fraction of sp³-hybridized carbons (Fsp3) is 0.522. The van der Waals surface area contributed by atoms with Crippen molar-refractivity contribution in [1.29, 1.82) is 0 Å². The molecule has 1 aliphatic heterocycles. The minimum Gasteiger partial charge on any atom is -0.322 e. The summed E-state index contributed by atoms with van der Waals surface area (Å²) in [6.07, 6.45) is 0. The van der Waals surface area contributed by atoms with Crippen LogP contribution in [0.25, 0.3) is 11.2 Å². The van der Waals surface area contributed by atoms with Crippen LogP contribution in [0.2, 0.25) is 0 Å². The SMILES string of the molecule is CC(C)Cn1c(C[NH+]2CC[NH+](Cc3ccccc3)CC2)nc2c1c(=O)n(C)c(=O)n2C. The smallest absolute Gasteiger partial charge is 0.322 e. The molecule has 0 aliphatic carbocycles. The summed E-state index contributed by atoms with van der Waals surface area (Å²) in [5.74, 6) is 1.28. The van der Waals surface area contributed by atoms with Crippen LogP contribution in [0.3, 0.4) is 0 Å². The third-order valence-electron chi connectivity index (χ3n) is 6.34. The zero-order chi connectivity index (χ0) is 22.1. The molecule has 3 aromatic rings. The second kappa shape index (κ2) is 8.80. The molecule has 1 aliphatic rings. The average molecular weight is 427 g/mol. The van der Waals surface area contributed by atoms with E-state index in [1.165, 1.54) is 26.6 Å². The first-order valence-electron chi connectivity index (χ1n) is 11.2. The van der Waals surface area contributed by atoms with Gasteiger partial charge in [-0.15, -0.1) is 0 Å². The van der Waals surface area contributed by atoms with E-state index in [1.807, 2.05) is 0 Å². The van der Waals surface area contributed by atoms with Gasteiger partial charge in [0.05, 0.1) is 0 Å². The summed E-state index contributed by atoms with van der Waals surface area (Å²) in [5, 5.41) is 0. The molecule has 0 unspecified atom stereocenters. The van der Waals surface area contributed by atoms with Gasteiger partial charge in [0.2, 0.25) is 0 Å². The summed E-state index contributed by atoms with van der Waals surface area (Å²) < 4.78 is 4.73. The molecule has 0 bridgehead atoms. The maximum atomic E-state index is 12.9. The molecular weight excluding hydrogens is 392 g/mol. The van der Waals surface area contributed by atoms with E-state index in [4.69, 9.17) is 4.98 Å². The van der Waals surface area contributed by atoms with Gasteiger partial charge in [0.1, 0.15) is 39.3 Å². The van der Waals surface area contributed by atoms with E-state index in [2.05, 4.69) is 48.7 Å². The molecule has 2 N–H and O–H groups in total. The molecule has 1 aromatic carbocycles. The summed E-state index contributed by atoms with van der Waals surface area (Å²) in [7, 11) is 3.23. The number of hydrogen-bond acceptors (Lipinski definition) is 3. The van der Waals surface area contributed by atoms with Crippen molar-refractivity contribution in [3.63, 3.8) is 0 Å². The molecule has 1 saturated heterocycles. The first kappa shape index (κ1) is 21.5. The Morgan fingerprint density at radius 2 is 1.55 bits per heavy atom. The minimum atomic E-state index is -0.330. The highest BCUT2D eigenvalue weighted by molar-refractivity contribution is 5.71. The topological polar surface area (TPSA) is 70.7 Å². The van der Waals surface area contributed by atoms with Gasteiger partial charge in [-0.05, 0) is 5.92 Å². The summed E-state index contributed by atoms with van der Waals surface area (Å²) >= 11 is 0. The second-order valence-electron chi connectivity index (χ2n) is 9.25. The highest BCUT2D eigenvalue weighted by Gasteiger charge is 2.27. The number of aromatic nitrogens is 4. The van der Waals surface area contributed by atoms with Gasteiger partial charge in [0.15, 0.2) is 17.0 Å². The Labute approximate surface area is 182 Å². The molecule has 8 heteroatoms. The van der Waals surface area contributed by atoms with Crippen LogP contribution >= 0.6 is 0 Å². The number of rotatable bonds is 6. The van der Waals surface area contributed by atoms with Crippen LogP contribution < -0.4 is 21.0 Å². The number of quaternary nitrogens is 2. The number of benzene rings is 1. The van der Waals surface area contributed by atoms with Crippen molar-refractivity contribution in [2.75, 3.05) is 26.2 Å². The largest absolute Gasteiger partial charge is 0.332 e. The third-order valence-corrected chi connectivity index (χ3v) is 6.34. The molecule has 166 valence electrons. The molecule has 0 radical (unpaired) electrons. The van der Waals surface area contributed by atoms with Gasteiger partial charge in [-0.2, -0.15) is 0 Å². The lowest BCUT2D eigenvalue weighted by molar-refractivity contribution is -1.02. The lowest BCUT2D eigenvalue weighted by Crippen LogP contribution is -3.27. The number of nitrogens with zero attached hydrogens (tertiary/aromatic N) is 4. The molecule has 3 heterocycles. The van der Waals surface area contributed by atoms with Gasteiger partial charge in [0, 0.05) is 26.2 Å². The van der Waals surface area contributed by atoms with E-state index in [0.717, 1.165) is 51.6 Å². The minimum absolute atomic E-state index is 0.260. The Morgan fingerprint density at radius 1 is 0.935 bits per heavy atom. The summed E-state index contributed by atoms with van der Waals surface area (Å²) in [5.41, 5.74) is 1.84. The predicted molar refractivity (Wildman–Crippen MR) is 120 cm³/mol. The Bertz CT molecular complexity index is 1170. The van der Waals surface area contributed by atoms with Crippen LogP contribution in [-0.4, -0.2) is 44.9 Å². The molecule has 0 amide bonds. The molecule has 0 saturated carbocycles. The van der Waals surface area contributed by atoms with Gasteiger partial charge in [0.25, 0.3) is 5.56 Å². The molecular formula is C23H34N6O2+2. The highest BCUT2D eigenvalue weighted by atomic mass is 16.2. The molecule has 0 atom stereocenters. The highest BCUT2D eigenvalue weighted by Crippen LogP contribution is 2.13. The second-order valence-corrected chi connectivity index (χ2v) is 9.25. The Hall–Kier alpha value is -2.71. The van der Waals surface area contributed by atoms with Crippen LogP contribution in [0, 0.1) is 5.92 Å². The monoisotopic (exact) mass is 426 g/mol. The summed E-state index contributed by atoms with van der Waals surface area (Å²) in [6.45, 7) is 11.2. The van der Waals surface area contributed by atoms with Crippen LogP contribution in [-0.2, 0) is 33.7 Å². The van der Waals surface area contributed by atoms with Crippen molar-refractivity contribution in [2.24, 2.45) is 20.0 Å². The molecule has 8 nitrogen and oxygen atoms in total. The van der Waals surface area contributed by atoms with Crippen molar-refractivity contribution in [3.8, 4) is 0 Å². The van der Waals surface area contributed by atoms with Gasteiger partial charge < -0.3 is 14.4 Å².